The summed E-state index contributed by atoms with van der Waals surface area (Å²) in [6, 6.07) is 2.67. The minimum Gasteiger partial charge on any atom is -0.496 e. The number of fused-ring (bicyclic) bond motifs is 1. The molecule has 0 saturated carbocycles. The molecule has 80 valence electrons. The number of rotatable bonds is 1. The SMILES string of the molecule is COc1cc(F)cc2c1CCCCC2=O. The van der Waals surface area contributed by atoms with Gasteiger partial charge in [0.2, 0.25) is 0 Å². The highest BCUT2D eigenvalue weighted by Gasteiger charge is 2.20. The van der Waals surface area contributed by atoms with Crippen LogP contribution in [0.5, 0.6) is 5.75 Å². The topological polar surface area (TPSA) is 26.3 Å². The summed E-state index contributed by atoms with van der Waals surface area (Å²) in [7, 11) is 1.50. The Morgan fingerprint density at radius 1 is 1.27 bits per heavy atom. The van der Waals surface area contributed by atoms with Crippen molar-refractivity contribution < 1.29 is 13.9 Å². The van der Waals surface area contributed by atoms with E-state index < -0.39 is 5.82 Å². The highest BCUT2D eigenvalue weighted by Crippen LogP contribution is 2.29. The monoisotopic (exact) mass is 208 g/mol. The first kappa shape index (κ1) is 10.1. The van der Waals surface area contributed by atoms with Crippen LogP contribution in [0, 0.1) is 5.82 Å². The quantitative estimate of drug-likeness (QED) is 0.663. The number of hydrogen-bond acceptors (Lipinski definition) is 2. The van der Waals surface area contributed by atoms with Crippen LogP contribution in [0.4, 0.5) is 4.39 Å². The molecule has 15 heavy (non-hydrogen) atoms. The Labute approximate surface area is 88.1 Å². The smallest absolute Gasteiger partial charge is 0.163 e. The molecule has 0 aliphatic heterocycles. The number of carbonyl (C=O) groups is 1. The molecule has 0 atom stereocenters. The minimum absolute atomic E-state index is 0.0281. The molecule has 1 aliphatic rings. The van der Waals surface area contributed by atoms with Gasteiger partial charge in [0.15, 0.2) is 5.78 Å². The van der Waals surface area contributed by atoms with Gasteiger partial charge in [-0.15, -0.1) is 0 Å². The zero-order valence-corrected chi connectivity index (χ0v) is 8.68. The van der Waals surface area contributed by atoms with Crippen LogP contribution in [0.25, 0.3) is 0 Å². The molecule has 0 radical (unpaired) electrons. The summed E-state index contributed by atoms with van der Waals surface area (Å²) in [6.07, 6.45) is 3.14. The van der Waals surface area contributed by atoms with E-state index in [1.165, 1.54) is 19.2 Å². The van der Waals surface area contributed by atoms with Gasteiger partial charge in [-0.25, -0.2) is 4.39 Å². The van der Waals surface area contributed by atoms with Crippen LogP contribution in [-0.4, -0.2) is 12.9 Å². The van der Waals surface area contributed by atoms with Gasteiger partial charge in [-0.1, -0.05) is 0 Å². The first-order chi connectivity index (χ1) is 7.22. The fraction of sp³-hybridized carbons (Fsp3) is 0.417. The van der Waals surface area contributed by atoms with Crippen molar-refractivity contribution in [3.05, 3.63) is 29.1 Å². The Hall–Kier alpha value is -1.38. The zero-order valence-electron chi connectivity index (χ0n) is 8.68. The van der Waals surface area contributed by atoms with Crippen molar-refractivity contribution in [1.82, 2.24) is 0 Å². The van der Waals surface area contributed by atoms with E-state index in [1.807, 2.05) is 0 Å². The Morgan fingerprint density at radius 3 is 2.73 bits per heavy atom. The van der Waals surface area contributed by atoms with Gasteiger partial charge in [-0.05, 0) is 25.3 Å². The molecule has 1 aliphatic carbocycles. The van der Waals surface area contributed by atoms with Crippen molar-refractivity contribution >= 4 is 5.78 Å². The number of ether oxygens (including phenoxy) is 1. The van der Waals surface area contributed by atoms with E-state index in [9.17, 15) is 9.18 Å². The highest BCUT2D eigenvalue weighted by molar-refractivity contribution is 5.98. The average Bonchev–Trinajstić information content (AvgIpc) is 2.40. The molecule has 0 bridgehead atoms. The lowest BCUT2D eigenvalue weighted by atomic mass is 10.0. The van der Waals surface area contributed by atoms with Crippen molar-refractivity contribution in [2.75, 3.05) is 7.11 Å². The Morgan fingerprint density at radius 2 is 2.00 bits per heavy atom. The second-order valence-electron chi connectivity index (χ2n) is 3.76. The Kier molecular flexibility index (Phi) is 2.71. The number of ketones is 1. The second kappa shape index (κ2) is 4.01. The normalized spacial score (nSPS) is 15.7. The lowest BCUT2D eigenvalue weighted by Gasteiger charge is -2.10. The standard InChI is InChI=1S/C12H13FO2/c1-15-12-7-8(13)6-10-9(12)4-2-3-5-11(10)14/h6-7H,2-5H2,1H3. The van der Waals surface area contributed by atoms with E-state index in [0.717, 1.165) is 24.8 Å². The predicted octanol–water partition coefficient (Wildman–Crippen LogP) is 2.74. The maximum absolute atomic E-state index is 13.2. The summed E-state index contributed by atoms with van der Waals surface area (Å²) < 4.78 is 18.3. The number of Topliss-reactive ketones (excluding diaryl/α,β-unsaturated/α-hetero) is 1. The molecule has 0 heterocycles. The van der Waals surface area contributed by atoms with Gasteiger partial charge in [-0.3, -0.25) is 4.79 Å². The molecule has 0 N–H and O–H groups in total. The molecule has 1 aromatic rings. The lowest BCUT2D eigenvalue weighted by molar-refractivity contribution is 0.0981. The molecule has 2 nitrogen and oxygen atoms in total. The van der Waals surface area contributed by atoms with Crippen molar-refractivity contribution in [2.24, 2.45) is 0 Å². The van der Waals surface area contributed by atoms with E-state index in [2.05, 4.69) is 0 Å². The van der Waals surface area contributed by atoms with Crippen molar-refractivity contribution in [3.63, 3.8) is 0 Å². The minimum atomic E-state index is -0.402. The fourth-order valence-corrected chi connectivity index (χ4v) is 2.02. The van der Waals surface area contributed by atoms with E-state index in [-0.39, 0.29) is 5.78 Å². The molecule has 2 rings (SSSR count). The maximum Gasteiger partial charge on any atom is 0.163 e. The van der Waals surface area contributed by atoms with E-state index in [4.69, 9.17) is 4.74 Å². The molecule has 1 aromatic carbocycles. The van der Waals surface area contributed by atoms with Crippen LogP contribution in [0.1, 0.15) is 35.2 Å². The summed E-state index contributed by atoms with van der Waals surface area (Å²) >= 11 is 0. The van der Waals surface area contributed by atoms with Gasteiger partial charge < -0.3 is 4.74 Å². The number of methoxy groups -OCH3 is 1. The average molecular weight is 208 g/mol. The summed E-state index contributed by atoms with van der Waals surface area (Å²) in [5.74, 6) is 0.126. The van der Waals surface area contributed by atoms with Gasteiger partial charge in [0, 0.05) is 23.6 Å². The van der Waals surface area contributed by atoms with Gasteiger partial charge in [-0.2, -0.15) is 0 Å². The molecular formula is C12H13FO2. The number of benzene rings is 1. The molecule has 0 amide bonds. The number of carbonyl (C=O) groups excluding carboxylic acids is 1. The summed E-state index contributed by atoms with van der Waals surface area (Å²) in [4.78, 5) is 11.7. The van der Waals surface area contributed by atoms with Gasteiger partial charge in [0.1, 0.15) is 11.6 Å². The van der Waals surface area contributed by atoms with Crippen molar-refractivity contribution in [2.45, 2.75) is 25.7 Å². The van der Waals surface area contributed by atoms with E-state index in [0.29, 0.717) is 17.7 Å². The number of halogens is 1. The highest BCUT2D eigenvalue weighted by atomic mass is 19.1. The first-order valence-corrected chi connectivity index (χ1v) is 5.12. The van der Waals surface area contributed by atoms with Crippen LogP contribution in [0.3, 0.4) is 0 Å². The maximum atomic E-state index is 13.2. The molecular weight excluding hydrogens is 195 g/mol. The molecule has 3 heteroatoms. The van der Waals surface area contributed by atoms with E-state index in [1.54, 1.807) is 0 Å². The van der Waals surface area contributed by atoms with Crippen LogP contribution < -0.4 is 4.74 Å². The van der Waals surface area contributed by atoms with Crippen LogP contribution in [-0.2, 0) is 6.42 Å². The first-order valence-electron chi connectivity index (χ1n) is 5.12. The molecule has 0 aromatic heterocycles. The second-order valence-corrected chi connectivity index (χ2v) is 3.76. The fourth-order valence-electron chi connectivity index (χ4n) is 2.02. The van der Waals surface area contributed by atoms with E-state index >= 15 is 0 Å². The summed E-state index contributed by atoms with van der Waals surface area (Å²) in [6.45, 7) is 0. The number of hydrogen-bond donors (Lipinski definition) is 0. The largest absolute Gasteiger partial charge is 0.496 e. The van der Waals surface area contributed by atoms with Crippen molar-refractivity contribution in [1.29, 1.82) is 0 Å². The lowest BCUT2D eigenvalue weighted by Crippen LogP contribution is -2.03. The van der Waals surface area contributed by atoms with Gasteiger partial charge in [0.05, 0.1) is 7.11 Å². The predicted molar refractivity (Wildman–Crippen MR) is 54.8 cm³/mol. The Bertz CT molecular complexity index is 399. The van der Waals surface area contributed by atoms with Crippen LogP contribution in [0.2, 0.25) is 0 Å². The molecule has 0 fully saturated rings. The molecule has 0 unspecified atom stereocenters. The van der Waals surface area contributed by atoms with Gasteiger partial charge >= 0.3 is 0 Å². The summed E-state index contributed by atoms with van der Waals surface area (Å²) in [5.41, 5.74) is 1.37. The van der Waals surface area contributed by atoms with Crippen LogP contribution >= 0.6 is 0 Å². The third-order valence-electron chi connectivity index (χ3n) is 2.77. The van der Waals surface area contributed by atoms with Crippen molar-refractivity contribution in [3.8, 4) is 5.75 Å². The molecule has 0 spiro atoms. The Balaban J connectivity index is 2.58. The summed E-state index contributed by atoms with van der Waals surface area (Å²) in [5, 5.41) is 0. The molecule has 0 saturated heterocycles. The third kappa shape index (κ3) is 1.87. The zero-order chi connectivity index (χ0) is 10.8. The van der Waals surface area contributed by atoms with Gasteiger partial charge in [0.25, 0.3) is 0 Å². The van der Waals surface area contributed by atoms with Crippen LogP contribution in [0.15, 0.2) is 12.1 Å². The third-order valence-corrected chi connectivity index (χ3v) is 2.77.